The van der Waals surface area contributed by atoms with Crippen LogP contribution in [0.25, 0.3) is 0 Å². The molecule has 0 bridgehead atoms. The van der Waals surface area contributed by atoms with Crippen LogP contribution >= 0.6 is 0 Å². The topological polar surface area (TPSA) is 72.2 Å². The van der Waals surface area contributed by atoms with E-state index in [1.807, 2.05) is 6.92 Å². The summed E-state index contributed by atoms with van der Waals surface area (Å²) >= 11 is 0. The van der Waals surface area contributed by atoms with Crippen LogP contribution < -0.4 is 10.5 Å². The first-order valence-corrected chi connectivity index (χ1v) is 6.88. The zero-order valence-electron chi connectivity index (χ0n) is 9.53. The molecule has 0 aromatic heterocycles. The van der Waals surface area contributed by atoms with E-state index in [0.717, 1.165) is 12.8 Å². The average Bonchev–Trinajstić information content (AvgIpc) is 2.94. The van der Waals surface area contributed by atoms with Gasteiger partial charge in [0, 0.05) is 17.6 Å². The van der Waals surface area contributed by atoms with Gasteiger partial charge in [-0.2, -0.15) is 0 Å². The molecule has 1 aliphatic carbocycles. The number of hydrogen-bond donors (Lipinski definition) is 2. The third-order valence-corrected chi connectivity index (χ3v) is 4.67. The average molecular weight is 258 g/mol. The Hall–Kier alpha value is -0.980. The van der Waals surface area contributed by atoms with Gasteiger partial charge in [0.15, 0.2) is 0 Å². The van der Waals surface area contributed by atoms with E-state index < -0.39 is 15.8 Å². The highest BCUT2D eigenvalue weighted by molar-refractivity contribution is 7.89. The molecule has 3 N–H and O–H groups in total. The van der Waals surface area contributed by atoms with Crippen molar-refractivity contribution in [1.82, 2.24) is 4.72 Å². The van der Waals surface area contributed by atoms with Crippen molar-refractivity contribution in [2.75, 3.05) is 0 Å². The van der Waals surface area contributed by atoms with E-state index in [1.54, 1.807) is 0 Å². The maximum Gasteiger partial charge on any atom is 0.241 e. The fraction of sp³-hybridized carbons (Fsp3) is 0.455. The molecule has 1 fully saturated rings. The number of sulfonamides is 1. The Morgan fingerprint density at radius 3 is 2.65 bits per heavy atom. The van der Waals surface area contributed by atoms with Crippen LogP contribution in [0.3, 0.4) is 0 Å². The van der Waals surface area contributed by atoms with Gasteiger partial charge in [0.1, 0.15) is 5.82 Å². The normalized spacial score (nSPS) is 18.1. The van der Waals surface area contributed by atoms with Crippen molar-refractivity contribution in [3.63, 3.8) is 0 Å². The van der Waals surface area contributed by atoms with Gasteiger partial charge in [-0.3, -0.25) is 0 Å². The summed E-state index contributed by atoms with van der Waals surface area (Å²) in [5.74, 6) is -0.587. The van der Waals surface area contributed by atoms with E-state index in [1.165, 1.54) is 18.2 Å². The van der Waals surface area contributed by atoms with Crippen LogP contribution in [-0.2, 0) is 16.6 Å². The van der Waals surface area contributed by atoms with Gasteiger partial charge in [0.05, 0.1) is 4.90 Å². The molecule has 1 aromatic rings. The third-order valence-electron chi connectivity index (χ3n) is 2.95. The Kier molecular flexibility index (Phi) is 2.97. The van der Waals surface area contributed by atoms with Crippen molar-refractivity contribution in [1.29, 1.82) is 0 Å². The zero-order valence-corrected chi connectivity index (χ0v) is 10.3. The first kappa shape index (κ1) is 12.5. The van der Waals surface area contributed by atoms with Gasteiger partial charge in [-0.25, -0.2) is 17.5 Å². The number of hydrogen-bond acceptors (Lipinski definition) is 3. The molecule has 0 atom stereocenters. The van der Waals surface area contributed by atoms with E-state index in [-0.39, 0.29) is 22.5 Å². The summed E-state index contributed by atoms with van der Waals surface area (Å²) in [4.78, 5) is -0.0619. The molecule has 94 valence electrons. The molecular formula is C11H15FN2O2S. The minimum Gasteiger partial charge on any atom is -0.326 e. The Bertz CT molecular complexity index is 538. The summed E-state index contributed by atoms with van der Waals surface area (Å²) in [6.07, 6.45) is 1.61. The molecule has 0 heterocycles. The van der Waals surface area contributed by atoms with Crippen molar-refractivity contribution < 1.29 is 12.8 Å². The molecule has 1 saturated carbocycles. The highest BCUT2D eigenvalue weighted by Gasteiger charge is 2.41. The number of benzene rings is 1. The summed E-state index contributed by atoms with van der Waals surface area (Å²) < 4.78 is 40.2. The lowest BCUT2D eigenvalue weighted by Crippen LogP contribution is -2.35. The molecule has 17 heavy (non-hydrogen) atoms. The van der Waals surface area contributed by atoms with E-state index in [4.69, 9.17) is 5.73 Å². The van der Waals surface area contributed by atoms with Gasteiger partial charge in [-0.15, -0.1) is 0 Å². The minimum atomic E-state index is -3.69. The highest BCUT2D eigenvalue weighted by Crippen LogP contribution is 2.36. The third kappa shape index (κ3) is 2.48. The van der Waals surface area contributed by atoms with Crippen LogP contribution in [0.2, 0.25) is 0 Å². The van der Waals surface area contributed by atoms with Crippen LogP contribution in [0.5, 0.6) is 0 Å². The smallest absolute Gasteiger partial charge is 0.241 e. The second-order valence-electron chi connectivity index (χ2n) is 4.59. The predicted octanol–water partition coefficient (Wildman–Crippen LogP) is 1.12. The van der Waals surface area contributed by atoms with Crippen LogP contribution in [0, 0.1) is 5.82 Å². The zero-order chi connectivity index (χ0) is 12.7. The molecule has 0 unspecified atom stereocenters. The van der Waals surface area contributed by atoms with Crippen molar-refractivity contribution in [3.05, 3.63) is 29.6 Å². The second kappa shape index (κ2) is 4.04. The molecule has 6 heteroatoms. The lowest BCUT2D eigenvalue weighted by molar-refractivity contribution is 0.551. The molecule has 0 radical (unpaired) electrons. The highest BCUT2D eigenvalue weighted by atomic mass is 32.2. The monoisotopic (exact) mass is 258 g/mol. The quantitative estimate of drug-likeness (QED) is 0.850. The summed E-state index contributed by atoms with van der Waals surface area (Å²) in [7, 11) is -3.69. The van der Waals surface area contributed by atoms with Gasteiger partial charge >= 0.3 is 0 Å². The molecule has 0 amide bonds. The molecule has 0 aliphatic heterocycles. The molecular weight excluding hydrogens is 243 g/mol. The minimum absolute atomic E-state index is 0.0317. The fourth-order valence-corrected chi connectivity index (χ4v) is 3.38. The number of halogens is 1. The van der Waals surface area contributed by atoms with E-state index in [2.05, 4.69) is 4.72 Å². The predicted molar refractivity (Wildman–Crippen MR) is 62.3 cm³/mol. The molecule has 1 aliphatic rings. The summed E-state index contributed by atoms with van der Waals surface area (Å²) in [5, 5.41) is 0. The van der Waals surface area contributed by atoms with Crippen molar-refractivity contribution >= 4 is 10.0 Å². The summed E-state index contributed by atoms with van der Waals surface area (Å²) in [5.41, 5.74) is 5.05. The Balaban J connectivity index is 2.42. The van der Waals surface area contributed by atoms with Crippen molar-refractivity contribution in [2.45, 2.75) is 36.7 Å². The summed E-state index contributed by atoms with van der Waals surface area (Å²) in [6, 6.07) is 3.96. The maximum atomic E-state index is 13.5. The lowest BCUT2D eigenvalue weighted by Gasteiger charge is -2.14. The van der Waals surface area contributed by atoms with E-state index >= 15 is 0 Å². The standard InChI is InChI=1S/C11H15FN2O2S/c1-11(5-6-11)14-17(15,16)10-4-2-3-9(12)8(10)7-13/h2-4,14H,5-7,13H2,1H3. The first-order valence-electron chi connectivity index (χ1n) is 5.39. The van der Waals surface area contributed by atoms with Crippen LogP contribution in [0.1, 0.15) is 25.3 Å². The molecule has 4 nitrogen and oxygen atoms in total. The molecule has 0 saturated heterocycles. The van der Waals surface area contributed by atoms with Crippen molar-refractivity contribution in [2.24, 2.45) is 5.73 Å². The number of nitrogens with one attached hydrogen (secondary N) is 1. The lowest BCUT2D eigenvalue weighted by atomic mass is 10.2. The fourth-order valence-electron chi connectivity index (χ4n) is 1.66. The second-order valence-corrected chi connectivity index (χ2v) is 6.24. The molecule has 1 aromatic carbocycles. The van der Waals surface area contributed by atoms with E-state index in [0.29, 0.717) is 0 Å². The van der Waals surface area contributed by atoms with Gasteiger partial charge in [0.2, 0.25) is 10.0 Å². The van der Waals surface area contributed by atoms with Crippen LogP contribution in [0.15, 0.2) is 23.1 Å². The summed E-state index contributed by atoms with van der Waals surface area (Å²) in [6.45, 7) is 1.69. The van der Waals surface area contributed by atoms with Crippen LogP contribution in [-0.4, -0.2) is 14.0 Å². The van der Waals surface area contributed by atoms with Gasteiger partial charge in [0.25, 0.3) is 0 Å². The Morgan fingerprint density at radius 1 is 1.47 bits per heavy atom. The van der Waals surface area contributed by atoms with Gasteiger partial charge in [-0.1, -0.05) is 6.07 Å². The van der Waals surface area contributed by atoms with Gasteiger partial charge in [-0.05, 0) is 31.9 Å². The Labute approximate surface area is 100 Å². The first-order chi connectivity index (χ1) is 7.88. The largest absolute Gasteiger partial charge is 0.326 e. The Morgan fingerprint density at radius 2 is 2.12 bits per heavy atom. The number of rotatable bonds is 4. The maximum absolute atomic E-state index is 13.5. The van der Waals surface area contributed by atoms with Gasteiger partial charge < -0.3 is 5.73 Å². The van der Waals surface area contributed by atoms with E-state index in [9.17, 15) is 12.8 Å². The van der Waals surface area contributed by atoms with Crippen molar-refractivity contribution in [3.8, 4) is 0 Å². The molecule has 0 spiro atoms. The SMILES string of the molecule is CC1(NS(=O)(=O)c2cccc(F)c2CN)CC1. The molecule has 2 rings (SSSR count). The number of nitrogens with two attached hydrogens (primary N) is 1. The van der Waals surface area contributed by atoms with Crippen LogP contribution in [0.4, 0.5) is 4.39 Å².